The first-order valence-corrected chi connectivity index (χ1v) is 13.3. The molecule has 1 aliphatic heterocycles. The van der Waals surface area contributed by atoms with Gasteiger partial charge in [-0.3, -0.25) is 9.59 Å². The summed E-state index contributed by atoms with van der Waals surface area (Å²) in [7, 11) is 3.19. The van der Waals surface area contributed by atoms with Gasteiger partial charge in [-0.05, 0) is 53.1 Å². The van der Waals surface area contributed by atoms with Crippen LogP contribution < -0.4 is 24.3 Å². The van der Waals surface area contributed by atoms with Crippen LogP contribution in [0.3, 0.4) is 0 Å². The van der Waals surface area contributed by atoms with E-state index in [0.717, 1.165) is 16.9 Å². The Balaban J connectivity index is 1.48. The molecule has 4 aromatic rings. The van der Waals surface area contributed by atoms with Crippen LogP contribution in [0.25, 0.3) is 0 Å². The minimum atomic E-state index is -0.951. The Bertz CT molecular complexity index is 1460. The first-order valence-electron chi connectivity index (χ1n) is 13.3. The molecule has 0 aromatic heterocycles. The molecular formula is C33H32N2O6. The molecule has 1 heterocycles. The van der Waals surface area contributed by atoms with E-state index in [1.54, 1.807) is 55.5 Å². The van der Waals surface area contributed by atoms with Gasteiger partial charge in [-0.15, -0.1) is 0 Å². The molecule has 5 rings (SSSR count). The minimum absolute atomic E-state index is 0.0317. The lowest BCUT2D eigenvalue weighted by Gasteiger charge is -2.35. The van der Waals surface area contributed by atoms with Crippen molar-refractivity contribution in [3.05, 3.63) is 120 Å². The maximum Gasteiger partial charge on any atom is 0.268 e. The predicted octanol–water partition coefficient (Wildman–Crippen LogP) is 4.93. The van der Waals surface area contributed by atoms with Gasteiger partial charge in [0.1, 0.15) is 24.1 Å². The topological polar surface area (TPSA) is 86.3 Å². The molecule has 1 aliphatic rings. The van der Waals surface area contributed by atoms with Crippen molar-refractivity contribution >= 4 is 11.8 Å². The minimum Gasteiger partial charge on any atom is -0.497 e. The molecule has 0 saturated heterocycles. The van der Waals surface area contributed by atoms with E-state index in [1.165, 1.54) is 0 Å². The van der Waals surface area contributed by atoms with Gasteiger partial charge in [0.15, 0.2) is 11.5 Å². The largest absolute Gasteiger partial charge is 0.497 e. The monoisotopic (exact) mass is 552 g/mol. The third-order valence-corrected chi connectivity index (χ3v) is 6.88. The molecule has 0 aliphatic carbocycles. The Labute approximate surface area is 239 Å². The van der Waals surface area contributed by atoms with Gasteiger partial charge in [0.25, 0.3) is 5.91 Å². The van der Waals surface area contributed by atoms with Crippen molar-refractivity contribution in [1.82, 2.24) is 10.2 Å². The fourth-order valence-corrected chi connectivity index (χ4v) is 4.69. The highest BCUT2D eigenvalue weighted by Gasteiger charge is 2.38. The molecule has 0 saturated carbocycles. The summed E-state index contributed by atoms with van der Waals surface area (Å²) in [5.74, 6) is 1.76. The van der Waals surface area contributed by atoms with Gasteiger partial charge < -0.3 is 29.2 Å². The van der Waals surface area contributed by atoms with Crippen molar-refractivity contribution in [3.63, 3.8) is 0 Å². The molecule has 1 N–H and O–H groups in total. The third-order valence-electron chi connectivity index (χ3n) is 6.88. The highest BCUT2D eigenvalue weighted by molar-refractivity contribution is 5.90. The van der Waals surface area contributed by atoms with E-state index >= 15 is 0 Å². The van der Waals surface area contributed by atoms with E-state index in [0.29, 0.717) is 22.8 Å². The summed E-state index contributed by atoms with van der Waals surface area (Å²) in [6, 6.07) is 30.5. The number of carbonyl (C=O) groups excluding carboxylic acids is 2. The fraction of sp³-hybridized carbons (Fsp3) is 0.212. The number of para-hydroxylation sites is 2. The molecule has 8 heteroatoms. The van der Waals surface area contributed by atoms with Crippen molar-refractivity contribution in [1.29, 1.82) is 0 Å². The van der Waals surface area contributed by atoms with Crippen LogP contribution in [0.1, 0.15) is 22.7 Å². The SMILES string of the molecule is COc1ccc(CNC(=O)[C@H](c2ccc(OC)cc2)N(Cc2ccccc2)C(=O)[C@@H]2COc3ccccc3O2)cc1. The Morgan fingerprint density at radius 2 is 1.41 bits per heavy atom. The molecule has 2 atom stereocenters. The zero-order valence-electron chi connectivity index (χ0n) is 23.0. The third kappa shape index (κ3) is 6.61. The smallest absolute Gasteiger partial charge is 0.268 e. The number of rotatable bonds is 10. The van der Waals surface area contributed by atoms with Crippen molar-refractivity contribution in [2.45, 2.75) is 25.2 Å². The number of benzene rings is 4. The summed E-state index contributed by atoms with van der Waals surface area (Å²) >= 11 is 0. The van der Waals surface area contributed by atoms with Crippen molar-refractivity contribution in [2.75, 3.05) is 20.8 Å². The first kappa shape index (κ1) is 27.6. The number of fused-ring (bicyclic) bond motifs is 1. The van der Waals surface area contributed by atoms with Crippen LogP contribution in [0.15, 0.2) is 103 Å². The second kappa shape index (κ2) is 12.9. The van der Waals surface area contributed by atoms with Crippen LogP contribution in [0.5, 0.6) is 23.0 Å². The van der Waals surface area contributed by atoms with E-state index in [9.17, 15) is 9.59 Å². The lowest BCUT2D eigenvalue weighted by molar-refractivity contribution is -0.149. The molecule has 8 nitrogen and oxygen atoms in total. The van der Waals surface area contributed by atoms with Gasteiger partial charge in [0.05, 0.1) is 14.2 Å². The number of carbonyl (C=O) groups is 2. The standard InChI is InChI=1S/C33H32N2O6/c1-38-26-16-12-23(13-17-26)20-34-32(36)31(25-14-18-27(39-2)19-15-25)35(21-24-8-4-3-5-9-24)33(37)30-22-40-28-10-6-7-11-29(28)41-30/h3-19,30-31H,20-22H2,1-2H3,(H,34,36)/t30-,31-/m0/s1. The van der Waals surface area contributed by atoms with Gasteiger partial charge in [-0.25, -0.2) is 0 Å². The maximum atomic E-state index is 14.2. The van der Waals surface area contributed by atoms with Gasteiger partial charge in [-0.1, -0.05) is 66.7 Å². The van der Waals surface area contributed by atoms with Crippen LogP contribution >= 0.6 is 0 Å². The molecule has 41 heavy (non-hydrogen) atoms. The van der Waals surface area contributed by atoms with Crippen LogP contribution in [-0.4, -0.2) is 43.6 Å². The van der Waals surface area contributed by atoms with Crippen LogP contribution in [0, 0.1) is 0 Å². The van der Waals surface area contributed by atoms with Gasteiger partial charge >= 0.3 is 0 Å². The number of nitrogens with zero attached hydrogens (tertiary/aromatic N) is 1. The summed E-state index contributed by atoms with van der Waals surface area (Å²) in [6.45, 7) is 0.497. The summed E-state index contributed by atoms with van der Waals surface area (Å²) < 4.78 is 22.5. The fourth-order valence-electron chi connectivity index (χ4n) is 4.69. The number of nitrogens with one attached hydrogen (secondary N) is 1. The number of methoxy groups -OCH3 is 2. The Hall–Kier alpha value is -4.98. The number of amides is 2. The van der Waals surface area contributed by atoms with E-state index in [1.807, 2.05) is 66.7 Å². The predicted molar refractivity (Wildman–Crippen MR) is 154 cm³/mol. The Kier molecular flexibility index (Phi) is 8.69. The number of ether oxygens (including phenoxy) is 4. The van der Waals surface area contributed by atoms with Gasteiger partial charge in [-0.2, -0.15) is 0 Å². The van der Waals surface area contributed by atoms with E-state index < -0.39 is 12.1 Å². The zero-order chi connectivity index (χ0) is 28.6. The highest BCUT2D eigenvalue weighted by Crippen LogP contribution is 2.33. The van der Waals surface area contributed by atoms with Crippen molar-refractivity contribution in [3.8, 4) is 23.0 Å². The maximum absolute atomic E-state index is 14.2. The van der Waals surface area contributed by atoms with Crippen LogP contribution in [0.4, 0.5) is 0 Å². The van der Waals surface area contributed by atoms with Gasteiger partial charge in [0, 0.05) is 13.1 Å². The number of hydrogen-bond donors (Lipinski definition) is 1. The highest BCUT2D eigenvalue weighted by atomic mass is 16.6. The molecule has 4 aromatic carbocycles. The van der Waals surface area contributed by atoms with Crippen molar-refractivity contribution in [2.24, 2.45) is 0 Å². The first-order chi connectivity index (χ1) is 20.1. The van der Waals surface area contributed by atoms with Gasteiger partial charge in [0.2, 0.25) is 12.0 Å². The quantitative estimate of drug-likeness (QED) is 0.300. The summed E-state index contributed by atoms with van der Waals surface area (Å²) in [5, 5.41) is 3.03. The van der Waals surface area contributed by atoms with Crippen LogP contribution in [0.2, 0.25) is 0 Å². The molecule has 0 unspecified atom stereocenters. The summed E-state index contributed by atoms with van der Waals surface area (Å²) in [5.41, 5.74) is 2.41. The molecule has 210 valence electrons. The molecule has 0 bridgehead atoms. The number of hydrogen-bond acceptors (Lipinski definition) is 6. The molecule has 0 fully saturated rings. The Morgan fingerprint density at radius 3 is 2.07 bits per heavy atom. The average molecular weight is 553 g/mol. The van der Waals surface area contributed by atoms with E-state index in [2.05, 4.69) is 5.32 Å². The Morgan fingerprint density at radius 1 is 0.805 bits per heavy atom. The second-order valence-electron chi connectivity index (χ2n) is 9.56. The molecule has 0 radical (unpaired) electrons. The lowest BCUT2D eigenvalue weighted by atomic mass is 10.0. The van der Waals surface area contributed by atoms with E-state index in [-0.39, 0.29) is 31.5 Å². The summed E-state index contributed by atoms with van der Waals surface area (Å²) in [6.07, 6.45) is -0.927. The molecule has 2 amide bonds. The molecular weight excluding hydrogens is 520 g/mol. The molecule has 0 spiro atoms. The average Bonchev–Trinajstić information content (AvgIpc) is 3.04. The lowest BCUT2D eigenvalue weighted by Crippen LogP contribution is -2.50. The van der Waals surface area contributed by atoms with Crippen molar-refractivity contribution < 1.29 is 28.5 Å². The van der Waals surface area contributed by atoms with Crippen LogP contribution in [-0.2, 0) is 22.7 Å². The second-order valence-corrected chi connectivity index (χ2v) is 9.56. The normalized spacial score (nSPS) is 14.4. The zero-order valence-corrected chi connectivity index (χ0v) is 23.0. The summed E-state index contributed by atoms with van der Waals surface area (Å²) in [4.78, 5) is 29.7. The van der Waals surface area contributed by atoms with E-state index in [4.69, 9.17) is 18.9 Å².